The molecule has 1 unspecified atom stereocenters. The van der Waals surface area contributed by atoms with Gasteiger partial charge in [0.25, 0.3) is 0 Å². The molecule has 3 heteroatoms. The Labute approximate surface area is 128 Å². The second kappa shape index (κ2) is 6.97. The van der Waals surface area contributed by atoms with Gasteiger partial charge < -0.3 is 4.18 Å². The molecule has 1 saturated heterocycles. The molecule has 0 amide bonds. The van der Waals surface area contributed by atoms with Crippen LogP contribution in [0.15, 0.2) is 30.3 Å². The minimum atomic E-state index is 0.368. The Bertz CT molecular complexity index is 401. The van der Waals surface area contributed by atoms with Crippen molar-refractivity contribution >= 4 is 12.0 Å². The third kappa shape index (κ3) is 4.80. The van der Waals surface area contributed by atoms with Crippen LogP contribution in [0.5, 0.6) is 0 Å². The number of benzene rings is 1. The molecule has 112 valence electrons. The van der Waals surface area contributed by atoms with Gasteiger partial charge in [-0.3, -0.25) is 4.90 Å². The number of hydrogen-bond acceptors (Lipinski definition) is 3. The molecule has 2 atom stereocenters. The number of nitrogens with zero attached hydrogens (tertiary/aromatic N) is 1. The van der Waals surface area contributed by atoms with Gasteiger partial charge in [0.2, 0.25) is 0 Å². The van der Waals surface area contributed by atoms with Crippen molar-refractivity contribution in [1.82, 2.24) is 4.90 Å². The van der Waals surface area contributed by atoms with Gasteiger partial charge in [0.05, 0.1) is 6.10 Å². The minimum absolute atomic E-state index is 0.368. The molecule has 0 spiro atoms. The number of likely N-dealkylation sites (tertiary alicyclic amines) is 1. The lowest BCUT2D eigenvalue weighted by molar-refractivity contribution is 0.166. The van der Waals surface area contributed by atoms with E-state index in [0.29, 0.717) is 17.4 Å². The smallest absolute Gasteiger partial charge is 0.0889 e. The highest BCUT2D eigenvalue weighted by Gasteiger charge is 2.35. The van der Waals surface area contributed by atoms with E-state index in [2.05, 4.69) is 56.0 Å². The van der Waals surface area contributed by atoms with E-state index in [0.717, 1.165) is 19.6 Å². The summed E-state index contributed by atoms with van der Waals surface area (Å²) in [5, 5.41) is 0. The van der Waals surface area contributed by atoms with Crippen molar-refractivity contribution in [2.75, 3.05) is 19.3 Å². The summed E-state index contributed by atoms with van der Waals surface area (Å²) in [5.41, 5.74) is 1.76. The van der Waals surface area contributed by atoms with Gasteiger partial charge in [0.15, 0.2) is 0 Å². The van der Waals surface area contributed by atoms with Crippen molar-refractivity contribution < 1.29 is 4.18 Å². The van der Waals surface area contributed by atoms with Crippen LogP contribution in [0.4, 0.5) is 0 Å². The molecule has 0 aromatic heterocycles. The highest BCUT2D eigenvalue weighted by molar-refractivity contribution is 7.93. The van der Waals surface area contributed by atoms with Crippen molar-refractivity contribution in [3.8, 4) is 0 Å². The van der Waals surface area contributed by atoms with E-state index in [1.54, 1.807) is 0 Å². The van der Waals surface area contributed by atoms with Crippen LogP contribution in [-0.4, -0.2) is 30.3 Å². The Morgan fingerprint density at radius 3 is 2.50 bits per heavy atom. The van der Waals surface area contributed by atoms with E-state index < -0.39 is 0 Å². The first-order valence-corrected chi connectivity index (χ1v) is 8.58. The first-order chi connectivity index (χ1) is 9.48. The zero-order valence-electron chi connectivity index (χ0n) is 13.1. The van der Waals surface area contributed by atoms with Crippen molar-refractivity contribution in [3.63, 3.8) is 0 Å². The van der Waals surface area contributed by atoms with Crippen LogP contribution in [0.2, 0.25) is 0 Å². The lowest BCUT2D eigenvalue weighted by Crippen LogP contribution is -2.24. The first kappa shape index (κ1) is 15.9. The molecule has 0 aliphatic carbocycles. The summed E-state index contributed by atoms with van der Waals surface area (Å²) >= 11 is 1.51. The molecule has 0 bridgehead atoms. The van der Waals surface area contributed by atoms with Gasteiger partial charge >= 0.3 is 0 Å². The molecule has 0 N–H and O–H groups in total. The standard InChI is InChI=1S/C17H27NOS/c1-17(2,3)10-15-12-18(13-16(15)19-20-4)11-14-8-6-5-7-9-14/h5-9,15-16H,10-13H2,1-4H3/t15?,16-/m1/s1. The van der Waals surface area contributed by atoms with Gasteiger partial charge in [0, 0.05) is 31.8 Å². The van der Waals surface area contributed by atoms with Crippen LogP contribution >= 0.6 is 12.0 Å². The SMILES string of the molecule is CSO[C@@H]1CN(Cc2ccccc2)CC1CC(C)(C)C. The van der Waals surface area contributed by atoms with E-state index in [1.807, 2.05) is 6.26 Å². The number of rotatable bonds is 5. The fourth-order valence-corrected chi connectivity index (χ4v) is 3.58. The molecule has 1 aromatic rings. The Hall–Kier alpha value is -0.510. The molecule has 1 aromatic carbocycles. The molecule has 1 aliphatic heterocycles. The van der Waals surface area contributed by atoms with E-state index in [4.69, 9.17) is 4.18 Å². The van der Waals surface area contributed by atoms with Gasteiger partial charge in [-0.1, -0.05) is 51.1 Å². The summed E-state index contributed by atoms with van der Waals surface area (Å²) in [6.45, 7) is 10.2. The third-order valence-corrected chi connectivity index (χ3v) is 4.24. The van der Waals surface area contributed by atoms with E-state index in [1.165, 1.54) is 24.0 Å². The van der Waals surface area contributed by atoms with Gasteiger partial charge in [-0.25, -0.2) is 0 Å². The highest BCUT2D eigenvalue weighted by atomic mass is 32.2. The minimum Gasteiger partial charge on any atom is -0.311 e. The van der Waals surface area contributed by atoms with Crippen LogP contribution < -0.4 is 0 Å². The predicted molar refractivity (Wildman–Crippen MR) is 87.7 cm³/mol. The Morgan fingerprint density at radius 2 is 1.90 bits per heavy atom. The lowest BCUT2D eigenvalue weighted by Gasteiger charge is -2.26. The molecule has 2 rings (SSSR count). The van der Waals surface area contributed by atoms with Gasteiger partial charge in [0.1, 0.15) is 0 Å². The fraction of sp³-hybridized carbons (Fsp3) is 0.647. The van der Waals surface area contributed by atoms with Crippen LogP contribution in [0, 0.1) is 11.3 Å². The molecule has 0 radical (unpaired) electrons. The zero-order valence-corrected chi connectivity index (χ0v) is 14.0. The van der Waals surface area contributed by atoms with Gasteiger partial charge in [-0.15, -0.1) is 0 Å². The summed E-state index contributed by atoms with van der Waals surface area (Å²) in [4.78, 5) is 2.53. The first-order valence-electron chi connectivity index (χ1n) is 7.44. The number of hydrogen-bond donors (Lipinski definition) is 0. The van der Waals surface area contributed by atoms with Crippen LogP contribution in [0.1, 0.15) is 32.8 Å². The maximum absolute atomic E-state index is 5.90. The van der Waals surface area contributed by atoms with Crippen molar-refractivity contribution in [2.24, 2.45) is 11.3 Å². The Balaban J connectivity index is 1.96. The topological polar surface area (TPSA) is 12.5 Å². The van der Waals surface area contributed by atoms with Crippen LogP contribution in [-0.2, 0) is 10.7 Å². The maximum atomic E-state index is 5.90. The highest BCUT2D eigenvalue weighted by Crippen LogP contribution is 2.33. The quantitative estimate of drug-likeness (QED) is 0.754. The third-order valence-electron chi connectivity index (χ3n) is 3.80. The van der Waals surface area contributed by atoms with E-state index in [-0.39, 0.29) is 0 Å². The average Bonchev–Trinajstić information content (AvgIpc) is 2.71. The largest absolute Gasteiger partial charge is 0.311 e. The summed E-state index contributed by atoms with van der Waals surface area (Å²) in [6, 6.07) is 10.7. The molecule has 1 heterocycles. The normalized spacial score (nSPS) is 24.2. The summed E-state index contributed by atoms with van der Waals surface area (Å²) in [6.07, 6.45) is 3.62. The van der Waals surface area contributed by atoms with Crippen molar-refractivity contribution in [3.05, 3.63) is 35.9 Å². The van der Waals surface area contributed by atoms with Crippen molar-refractivity contribution in [2.45, 2.75) is 39.8 Å². The molecule has 1 fully saturated rings. The summed E-state index contributed by atoms with van der Waals surface area (Å²) in [7, 11) is 0. The summed E-state index contributed by atoms with van der Waals surface area (Å²) in [5.74, 6) is 0.645. The second-order valence-corrected chi connectivity index (χ2v) is 7.53. The predicted octanol–water partition coefficient (Wildman–Crippen LogP) is 4.22. The van der Waals surface area contributed by atoms with E-state index in [9.17, 15) is 0 Å². The Kier molecular flexibility index (Phi) is 5.53. The molecule has 20 heavy (non-hydrogen) atoms. The molecular formula is C17H27NOS. The summed E-state index contributed by atoms with van der Waals surface area (Å²) < 4.78 is 5.90. The molecular weight excluding hydrogens is 266 g/mol. The van der Waals surface area contributed by atoms with Crippen molar-refractivity contribution in [1.29, 1.82) is 0 Å². The van der Waals surface area contributed by atoms with E-state index >= 15 is 0 Å². The Morgan fingerprint density at radius 1 is 1.20 bits per heavy atom. The fourth-order valence-electron chi connectivity index (χ4n) is 3.11. The lowest BCUT2D eigenvalue weighted by atomic mass is 9.83. The van der Waals surface area contributed by atoms with Crippen LogP contribution in [0.25, 0.3) is 0 Å². The maximum Gasteiger partial charge on any atom is 0.0889 e. The van der Waals surface area contributed by atoms with Gasteiger partial charge in [-0.2, -0.15) is 0 Å². The molecule has 0 saturated carbocycles. The van der Waals surface area contributed by atoms with Crippen LogP contribution in [0.3, 0.4) is 0 Å². The van der Waals surface area contributed by atoms with Gasteiger partial charge in [-0.05, 0) is 29.4 Å². The average molecular weight is 293 g/mol. The monoisotopic (exact) mass is 293 g/mol. The molecule has 1 aliphatic rings. The zero-order chi connectivity index (χ0) is 14.6. The second-order valence-electron chi connectivity index (χ2n) is 7.01. The molecule has 2 nitrogen and oxygen atoms in total.